The summed E-state index contributed by atoms with van der Waals surface area (Å²) in [6, 6.07) is 8.09. The first-order chi connectivity index (χ1) is 13.5. The lowest BCUT2D eigenvalue weighted by atomic mass is 10.2. The highest BCUT2D eigenvalue weighted by Crippen LogP contribution is 2.31. The van der Waals surface area contributed by atoms with Crippen LogP contribution in [0.2, 0.25) is 0 Å². The number of carbonyl (C=O) groups is 1. The zero-order chi connectivity index (χ0) is 19.7. The second-order valence-electron chi connectivity index (χ2n) is 6.24. The van der Waals surface area contributed by atoms with Gasteiger partial charge in [-0.15, -0.1) is 11.3 Å². The molecule has 1 amide bonds. The number of halogens is 1. The van der Waals surface area contributed by atoms with Crippen LogP contribution in [-0.4, -0.2) is 25.4 Å². The van der Waals surface area contributed by atoms with Crippen LogP contribution in [0.15, 0.2) is 54.3 Å². The molecular formula is C20H16FN5OS. The van der Waals surface area contributed by atoms with Gasteiger partial charge in [0, 0.05) is 30.0 Å². The molecule has 0 aliphatic heterocycles. The van der Waals surface area contributed by atoms with Gasteiger partial charge in [0.1, 0.15) is 16.5 Å². The van der Waals surface area contributed by atoms with Crippen molar-refractivity contribution in [3.63, 3.8) is 0 Å². The van der Waals surface area contributed by atoms with Crippen LogP contribution in [0.5, 0.6) is 0 Å². The third-order valence-corrected chi connectivity index (χ3v) is 5.28. The van der Waals surface area contributed by atoms with Crippen LogP contribution in [0.25, 0.3) is 22.1 Å². The number of hydrogen-bond donors (Lipinski definition) is 1. The van der Waals surface area contributed by atoms with Crippen LogP contribution in [0.3, 0.4) is 0 Å². The summed E-state index contributed by atoms with van der Waals surface area (Å²) < 4.78 is 15.5. The van der Waals surface area contributed by atoms with Crippen molar-refractivity contribution < 1.29 is 9.18 Å². The number of nitrogens with zero attached hydrogens (tertiary/aromatic N) is 4. The van der Waals surface area contributed by atoms with Crippen molar-refractivity contribution in [3.05, 3.63) is 76.9 Å². The van der Waals surface area contributed by atoms with E-state index in [-0.39, 0.29) is 5.82 Å². The number of primary amides is 1. The Bertz CT molecular complexity index is 1150. The van der Waals surface area contributed by atoms with Crippen LogP contribution < -0.4 is 5.73 Å². The van der Waals surface area contributed by atoms with Crippen molar-refractivity contribution in [2.75, 3.05) is 0 Å². The molecule has 0 bridgehead atoms. The standard InChI is InChI=1S/C20H16FN5OS/c1-12-15(19(22)27)8-18(26(12)10-13-3-2-4-14(21)7-13)17-11-28-20(25-17)16-9-23-5-6-24-16/h2-9,11H,10H2,1H3,(H2,22,27). The molecule has 2 N–H and O–H groups in total. The molecule has 28 heavy (non-hydrogen) atoms. The molecule has 4 aromatic rings. The van der Waals surface area contributed by atoms with Crippen molar-refractivity contribution in [1.82, 2.24) is 19.5 Å². The van der Waals surface area contributed by atoms with E-state index in [4.69, 9.17) is 5.73 Å². The number of rotatable bonds is 5. The van der Waals surface area contributed by atoms with Gasteiger partial charge in [0.05, 0.1) is 23.1 Å². The highest BCUT2D eigenvalue weighted by Gasteiger charge is 2.19. The first-order valence-corrected chi connectivity index (χ1v) is 9.37. The molecule has 8 heteroatoms. The van der Waals surface area contributed by atoms with Crippen molar-refractivity contribution in [2.24, 2.45) is 5.73 Å². The summed E-state index contributed by atoms with van der Waals surface area (Å²) in [5, 5.41) is 2.62. The Morgan fingerprint density at radius 3 is 2.82 bits per heavy atom. The van der Waals surface area contributed by atoms with Gasteiger partial charge in [-0.25, -0.2) is 9.37 Å². The fourth-order valence-corrected chi connectivity index (χ4v) is 3.82. The lowest BCUT2D eigenvalue weighted by molar-refractivity contribution is 0.0999. The first kappa shape index (κ1) is 18.0. The average Bonchev–Trinajstić information content (AvgIpc) is 3.28. The molecule has 0 aliphatic carbocycles. The maximum absolute atomic E-state index is 13.6. The third kappa shape index (κ3) is 3.41. The minimum absolute atomic E-state index is 0.308. The van der Waals surface area contributed by atoms with Gasteiger partial charge in [-0.3, -0.25) is 14.8 Å². The van der Waals surface area contributed by atoms with Crippen LogP contribution in [-0.2, 0) is 6.54 Å². The second kappa shape index (κ2) is 7.32. The summed E-state index contributed by atoms with van der Waals surface area (Å²) in [6.45, 7) is 2.21. The molecule has 3 heterocycles. The lowest BCUT2D eigenvalue weighted by Crippen LogP contribution is -2.12. The Morgan fingerprint density at radius 1 is 1.25 bits per heavy atom. The van der Waals surface area contributed by atoms with Crippen LogP contribution in [0.4, 0.5) is 4.39 Å². The van der Waals surface area contributed by atoms with E-state index in [1.165, 1.54) is 23.5 Å². The molecule has 0 radical (unpaired) electrons. The Balaban J connectivity index is 1.79. The van der Waals surface area contributed by atoms with Crippen LogP contribution >= 0.6 is 11.3 Å². The van der Waals surface area contributed by atoms with Crippen LogP contribution in [0.1, 0.15) is 21.6 Å². The van der Waals surface area contributed by atoms with Gasteiger partial charge in [0.25, 0.3) is 5.91 Å². The Labute approximate surface area is 164 Å². The normalized spacial score (nSPS) is 10.9. The smallest absolute Gasteiger partial charge is 0.250 e. The molecule has 0 saturated heterocycles. The molecule has 140 valence electrons. The largest absolute Gasteiger partial charge is 0.366 e. The molecule has 0 aliphatic rings. The average molecular weight is 393 g/mol. The summed E-state index contributed by atoms with van der Waals surface area (Å²) in [5.74, 6) is -0.821. The summed E-state index contributed by atoms with van der Waals surface area (Å²) in [5.41, 5.74) is 9.55. The van der Waals surface area contributed by atoms with E-state index < -0.39 is 5.91 Å². The monoisotopic (exact) mass is 393 g/mol. The van der Waals surface area contributed by atoms with E-state index in [1.807, 2.05) is 22.9 Å². The van der Waals surface area contributed by atoms with E-state index >= 15 is 0 Å². The minimum Gasteiger partial charge on any atom is -0.366 e. The Hall–Kier alpha value is -3.39. The Kier molecular flexibility index (Phi) is 4.70. The number of benzene rings is 1. The highest BCUT2D eigenvalue weighted by atomic mass is 32.1. The topological polar surface area (TPSA) is 86.7 Å². The van der Waals surface area contributed by atoms with E-state index in [0.717, 1.165) is 16.3 Å². The fraction of sp³-hybridized carbons (Fsp3) is 0.100. The molecule has 0 fully saturated rings. The fourth-order valence-electron chi connectivity index (χ4n) is 3.05. The van der Waals surface area contributed by atoms with E-state index in [9.17, 15) is 9.18 Å². The van der Waals surface area contributed by atoms with Crippen molar-refractivity contribution in [1.29, 1.82) is 0 Å². The number of nitrogens with two attached hydrogens (primary N) is 1. The molecule has 0 unspecified atom stereocenters. The predicted molar refractivity (Wildman–Crippen MR) is 105 cm³/mol. The summed E-state index contributed by atoms with van der Waals surface area (Å²) in [6.07, 6.45) is 4.86. The number of thiazole rings is 1. The molecular weight excluding hydrogens is 377 g/mol. The summed E-state index contributed by atoms with van der Waals surface area (Å²) in [7, 11) is 0. The number of aromatic nitrogens is 4. The quantitative estimate of drug-likeness (QED) is 0.561. The molecule has 0 atom stereocenters. The minimum atomic E-state index is -0.513. The summed E-state index contributed by atoms with van der Waals surface area (Å²) in [4.78, 5) is 24.9. The van der Waals surface area contributed by atoms with Gasteiger partial charge in [-0.1, -0.05) is 12.1 Å². The van der Waals surface area contributed by atoms with E-state index in [1.54, 1.807) is 30.7 Å². The first-order valence-electron chi connectivity index (χ1n) is 8.49. The SMILES string of the molecule is Cc1c(C(N)=O)cc(-c2csc(-c3cnccn3)n2)n1Cc1cccc(F)c1. The zero-order valence-electron chi connectivity index (χ0n) is 15.0. The molecule has 0 spiro atoms. The highest BCUT2D eigenvalue weighted by molar-refractivity contribution is 7.13. The predicted octanol–water partition coefficient (Wildman–Crippen LogP) is 3.66. The van der Waals surface area contributed by atoms with Gasteiger partial charge in [0.2, 0.25) is 0 Å². The molecule has 1 aromatic carbocycles. The van der Waals surface area contributed by atoms with Crippen LogP contribution in [0, 0.1) is 12.7 Å². The van der Waals surface area contributed by atoms with Crippen molar-refractivity contribution in [2.45, 2.75) is 13.5 Å². The lowest BCUT2D eigenvalue weighted by Gasteiger charge is -2.11. The number of carbonyl (C=O) groups excluding carboxylic acids is 1. The number of amides is 1. The van der Waals surface area contributed by atoms with Crippen molar-refractivity contribution in [3.8, 4) is 22.1 Å². The Morgan fingerprint density at radius 2 is 2.11 bits per heavy atom. The van der Waals surface area contributed by atoms with Gasteiger partial charge >= 0.3 is 0 Å². The number of hydrogen-bond acceptors (Lipinski definition) is 5. The van der Waals surface area contributed by atoms with E-state index in [0.29, 0.717) is 29.2 Å². The van der Waals surface area contributed by atoms with Gasteiger partial charge in [0.15, 0.2) is 0 Å². The molecule has 0 saturated carbocycles. The van der Waals surface area contributed by atoms with Gasteiger partial charge in [-0.2, -0.15) is 0 Å². The molecule has 4 rings (SSSR count). The maximum Gasteiger partial charge on any atom is 0.250 e. The molecule has 6 nitrogen and oxygen atoms in total. The summed E-state index contributed by atoms with van der Waals surface area (Å²) >= 11 is 1.44. The maximum atomic E-state index is 13.6. The van der Waals surface area contributed by atoms with Crippen molar-refractivity contribution >= 4 is 17.2 Å². The van der Waals surface area contributed by atoms with E-state index in [2.05, 4.69) is 15.0 Å². The van der Waals surface area contributed by atoms with Gasteiger partial charge < -0.3 is 10.3 Å². The molecule has 3 aromatic heterocycles. The zero-order valence-corrected chi connectivity index (χ0v) is 15.8. The van der Waals surface area contributed by atoms with Gasteiger partial charge in [-0.05, 0) is 30.7 Å². The second-order valence-corrected chi connectivity index (χ2v) is 7.10. The third-order valence-electron chi connectivity index (χ3n) is 4.41.